The molecule has 214 valence electrons. The van der Waals surface area contributed by atoms with Gasteiger partial charge in [0.1, 0.15) is 24.3 Å². The van der Waals surface area contributed by atoms with Crippen molar-refractivity contribution in [2.45, 2.75) is 116 Å². The first kappa shape index (κ1) is 30.4. The number of esters is 1. The predicted octanol–water partition coefficient (Wildman–Crippen LogP) is 5.02. The Morgan fingerprint density at radius 1 is 1.03 bits per heavy atom. The number of unbranched alkanes of at least 4 members (excludes halogenated alkanes) is 1. The Balaban J connectivity index is 1.76. The fourth-order valence-corrected chi connectivity index (χ4v) is 5.88. The number of quaternary nitrogens is 1. The lowest BCUT2D eigenvalue weighted by Crippen LogP contribution is -2.52. The monoisotopic (exact) mass is 530 g/mol. The van der Waals surface area contributed by atoms with E-state index >= 15 is 0 Å². The topological polar surface area (TPSA) is 77.4 Å². The average Bonchev–Trinajstić information content (AvgIpc) is 2.85. The van der Waals surface area contributed by atoms with Crippen LogP contribution in [0, 0.1) is 5.92 Å². The zero-order chi connectivity index (χ0) is 27.8. The maximum atomic E-state index is 13.8. The summed E-state index contributed by atoms with van der Waals surface area (Å²) in [4.78, 5) is 40.2. The summed E-state index contributed by atoms with van der Waals surface area (Å²) < 4.78 is 8.29. The third kappa shape index (κ3) is 8.42. The molecule has 0 saturated heterocycles. The second kappa shape index (κ2) is 13.8. The van der Waals surface area contributed by atoms with Gasteiger partial charge in [0.2, 0.25) is 0 Å². The van der Waals surface area contributed by atoms with Crippen LogP contribution < -0.4 is 10.9 Å². The number of carbonyl (C=O) groups excluding carboxylic acids is 2. The lowest BCUT2D eigenvalue weighted by atomic mass is 9.88. The molecule has 0 radical (unpaired) electrons. The van der Waals surface area contributed by atoms with E-state index in [9.17, 15) is 14.4 Å². The average molecular weight is 531 g/mol. The van der Waals surface area contributed by atoms with Gasteiger partial charge in [-0.1, -0.05) is 45.4 Å². The van der Waals surface area contributed by atoms with Crippen LogP contribution >= 0.6 is 0 Å². The minimum absolute atomic E-state index is 0.151. The van der Waals surface area contributed by atoms with Gasteiger partial charge in [0.15, 0.2) is 0 Å². The van der Waals surface area contributed by atoms with Crippen molar-refractivity contribution >= 4 is 11.9 Å². The Labute approximate surface area is 229 Å². The highest BCUT2D eigenvalue weighted by Crippen LogP contribution is 2.27. The van der Waals surface area contributed by atoms with Crippen molar-refractivity contribution in [2.24, 2.45) is 5.92 Å². The molecule has 2 aliphatic carbocycles. The fraction of sp³-hybridized carbons (Fsp3) is 0.774. The SMILES string of the molecule is CCCC[N+](C)(C)CCOC(=O)C(C)(C)NC(=O)c1cc2c(n(CC3CCCCC3)c1=O)CCCCCC2. The van der Waals surface area contributed by atoms with Gasteiger partial charge in [-0.15, -0.1) is 0 Å². The lowest BCUT2D eigenvalue weighted by molar-refractivity contribution is -0.890. The first-order chi connectivity index (χ1) is 18.0. The number of nitrogens with one attached hydrogen (secondary N) is 1. The van der Waals surface area contributed by atoms with Crippen LogP contribution in [0.2, 0.25) is 0 Å². The molecule has 0 spiro atoms. The Morgan fingerprint density at radius 2 is 1.68 bits per heavy atom. The molecular weight excluding hydrogens is 478 g/mol. The molecule has 38 heavy (non-hydrogen) atoms. The van der Waals surface area contributed by atoms with Crippen molar-refractivity contribution in [3.63, 3.8) is 0 Å². The van der Waals surface area contributed by atoms with E-state index in [0.29, 0.717) is 25.6 Å². The number of hydrogen-bond acceptors (Lipinski definition) is 4. The lowest BCUT2D eigenvalue weighted by Gasteiger charge is -2.30. The minimum Gasteiger partial charge on any atom is -0.458 e. The molecule has 1 saturated carbocycles. The molecule has 0 bridgehead atoms. The van der Waals surface area contributed by atoms with Crippen LogP contribution in [0.4, 0.5) is 0 Å². The summed E-state index contributed by atoms with van der Waals surface area (Å²) in [6, 6.07) is 1.81. The van der Waals surface area contributed by atoms with Crippen molar-refractivity contribution in [2.75, 3.05) is 33.8 Å². The second-order valence-corrected chi connectivity index (χ2v) is 12.8. The number of pyridine rings is 1. The van der Waals surface area contributed by atoms with Crippen LogP contribution in [0.5, 0.6) is 0 Å². The van der Waals surface area contributed by atoms with E-state index in [1.807, 2.05) is 10.6 Å². The van der Waals surface area contributed by atoms with Crippen molar-refractivity contribution in [3.8, 4) is 0 Å². The maximum absolute atomic E-state index is 13.8. The number of fused-ring (bicyclic) bond motifs is 1. The fourth-order valence-electron chi connectivity index (χ4n) is 5.88. The number of rotatable bonds is 11. The van der Waals surface area contributed by atoms with Gasteiger partial charge in [0, 0.05) is 12.2 Å². The summed E-state index contributed by atoms with van der Waals surface area (Å²) in [5.74, 6) is -0.478. The first-order valence-electron chi connectivity index (χ1n) is 15.1. The standard InChI is InChI=1S/C31H51N3O4/c1-6-7-19-34(4,5)20-21-38-30(37)31(2,3)32-28(35)26-22-25-17-13-8-9-14-18-27(25)33(29(26)36)23-24-15-11-10-12-16-24/h22,24H,6-21,23H2,1-5H3/p+1. The highest BCUT2D eigenvalue weighted by Gasteiger charge is 2.33. The molecule has 0 aliphatic heterocycles. The summed E-state index contributed by atoms with van der Waals surface area (Å²) >= 11 is 0. The summed E-state index contributed by atoms with van der Waals surface area (Å²) in [5.41, 5.74) is 0.949. The Kier molecular flexibility index (Phi) is 11.0. The van der Waals surface area contributed by atoms with E-state index in [4.69, 9.17) is 4.74 Å². The van der Waals surface area contributed by atoms with E-state index in [1.54, 1.807) is 13.8 Å². The minimum atomic E-state index is -1.23. The molecule has 7 heteroatoms. The summed E-state index contributed by atoms with van der Waals surface area (Å²) in [7, 11) is 4.27. The number of carbonyl (C=O) groups is 2. The molecule has 1 aromatic rings. The third-order valence-corrected chi connectivity index (χ3v) is 8.49. The molecule has 2 aliphatic rings. The van der Waals surface area contributed by atoms with Crippen LogP contribution in [0.15, 0.2) is 10.9 Å². The van der Waals surface area contributed by atoms with Crippen molar-refractivity contribution < 1.29 is 18.8 Å². The van der Waals surface area contributed by atoms with Gasteiger partial charge in [-0.2, -0.15) is 0 Å². The smallest absolute Gasteiger partial charge is 0.331 e. The summed E-state index contributed by atoms with van der Waals surface area (Å²) in [5, 5.41) is 2.83. The van der Waals surface area contributed by atoms with Gasteiger partial charge in [-0.25, -0.2) is 4.79 Å². The van der Waals surface area contributed by atoms with Crippen molar-refractivity contribution in [1.82, 2.24) is 9.88 Å². The largest absolute Gasteiger partial charge is 0.458 e. The Hall–Kier alpha value is -2.15. The number of nitrogens with zero attached hydrogens (tertiary/aromatic N) is 2. The van der Waals surface area contributed by atoms with Gasteiger partial charge in [-0.3, -0.25) is 9.59 Å². The first-order valence-corrected chi connectivity index (χ1v) is 15.1. The highest BCUT2D eigenvalue weighted by atomic mass is 16.5. The normalized spacial score (nSPS) is 17.3. The van der Waals surface area contributed by atoms with Crippen molar-refractivity contribution in [1.29, 1.82) is 0 Å². The highest BCUT2D eigenvalue weighted by molar-refractivity contribution is 5.97. The van der Waals surface area contributed by atoms with Crippen LogP contribution in [0.3, 0.4) is 0 Å². The van der Waals surface area contributed by atoms with Crippen LogP contribution in [-0.4, -0.2) is 60.3 Å². The molecule has 1 fully saturated rings. The summed E-state index contributed by atoms with van der Waals surface area (Å²) in [6.45, 7) is 8.20. The zero-order valence-electron chi connectivity index (χ0n) is 24.7. The molecule has 1 N–H and O–H groups in total. The van der Waals surface area contributed by atoms with Crippen LogP contribution in [0.1, 0.15) is 113 Å². The van der Waals surface area contributed by atoms with E-state index in [-0.39, 0.29) is 11.1 Å². The number of aryl methyl sites for hydroxylation is 1. The van der Waals surface area contributed by atoms with E-state index < -0.39 is 17.4 Å². The molecule has 0 atom stereocenters. The molecule has 0 unspecified atom stereocenters. The third-order valence-electron chi connectivity index (χ3n) is 8.49. The van der Waals surface area contributed by atoms with Crippen molar-refractivity contribution in [3.05, 3.63) is 33.2 Å². The quantitative estimate of drug-likeness (QED) is 0.322. The molecular formula is C31H52N3O4+. The van der Waals surface area contributed by atoms with E-state index in [0.717, 1.165) is 73.7 Å². The number of hydrogen-bond donors (Lipinski definition) is 1. The van der Waals surface area contributed by atoms with Crippen LogP contribution in [-0.2, 0) is 28.9 Å². The number of aromatic nitrogens is 1. The maximum Gasteiger partial charge on any atom is 0.331 e. The van der Waals surface area contributed by atoms with Gasteiger partial charge < -0.3 is 19.1 Å². The number of likely N-dealkylation sites (N-methyl/N-ethyl adjacent to an activating group) is 1. The molecule has 3 rings (SSSR count). The van der Waals surface area contributed by atoms with Gasteiger partial charge in [-0.05, 0) is 76.3 Å². The Morgan fingerprint density at radius 3 is 2.37 bits per heavy atom. The predicted molar refractivity (Wildman–Crippen MR) is 152 cm³/mol. The van der Waals surface area contributed by atoms with E-state index in [2.05, 4.69) is 26.3 Å². The summed E-state index contributed by atoms with van der Waals surface area (Å²) in [6.07, 6.45) is 14.5. The van der Waals surface area contributed by atoms with Gasteiger partial charge in [0.05, 0.1) is 20.6 Å². The zero-order valence-corrected chi connectivity index (χ0v) is 24.7. The number of amides is 1. The Bertz CT molecular complexity index is 1010. The van der Waals surface area contributed by atoms with Gasteiger partial charge >= 0.3 is 5.97 Å². The van der Waals surface area contributed by atoms with Crippen LogP contribution in [0.25, 0.3) is 0 Å². The molecule has 0 aromatic carbocycles. The second-order valence-electron chi connectivity index (χ2n) is 12.8. The molecule has 1 aromatic heterocycles. The van der Waals surface area contributed by atoms with Gasteiger partial charge in [0.25, 0.3) is 11.5 Å². The van der Waals surface area contributed by atoms with E-state index in [1.165, 1.54) is 32.1 Å². The molecule has 1 heterocycles. The molecule has 7 nitrogen and oxygen atoms in total. The molecule has 1 amide bonds. The number of ether oxygens (including phenoxy) is 1.